The van der Waals surface area contributed by atoms with E-state index >= 15 is 0 Å². The minimum absolute atomic E-state index is 0.0316. The van der Waals surface area contributed by atoms with Gasteiger partial charge >= 0.3 is 5.97 Å². The minimum atomic E-state index is -1.15. The first-order valence-corrected chi connectivity index (χ1v) is 7.36. The molecule has 1 aromatic heterocycles. The molecule has 5 nitrogen and oxygen atoms in total. The Bertz CT molecular complexity index is 795. The Morgan fingerprint density at radius 1 is 1.22 bits per heavy atom. The number of aromatic amines is 1. The van der Waals surface area contributed by atoms with Gasteiger partial charge in [0.25, 0.3) is 0 Å². The van der Waals surface area contributed by atoms with E-state index in [1.54, 1.807) is 37.3 Å². The van der Waals surface area contributed by atoms with E-state index in [0.717, 1.165) is 0 Å². The van der Waals surface area contributed by atoms with Gasteiger partial charge in [0.05, 0.1) is 22.0 Å². The van der Waals surface area contributed by atoms with E-state index in [-0.39, 0.29) is 22.7 Å². The number of carboxylic acids is 1. The molecular weight excluding hydrogens is 339 g/mol. The number of allylic oxidation sites excluding steroid dienone is 1. The summed E-state index contributed by atoms with van der Waals surface area (Å²) < 4.78 is 0. The molecule has 0 fully saturated rings. The van der Waals surface area contributed by atoms with E-state index in [1.165, 1.54) is 18.2 Å². The first-order chi connectivity index (χ1) is 10.8. The summed E-state index contributed by atoms with van der Waals surface area (Å²) in [4.78, 5) is 28.1. The van der Waals surface area contributed by atoms with E-state index in [2.05, 4.69) is 4.98 Å². The van der Waals surface area contributed by atoms with E-state index in [0.29, 0.717) is 15.6 Å². The molecule has 0 aliphatic carbocycles. The zero-order valence-electron chi connectivity index (χ0n) is 12.4. The second-order valence-electron chi connectivity index (χ2n) is 5.04. The fourth-order valence-electron chi connectivity index (χ4n) is 1.97. The number of nitrogens with zero attached hydrogens (tertiary/aromatic N) is 1. The number of nitrogens with one attached hydrogen (secondary N) is 1. The Hall–Kier alpha value is -2.24. The van der Waals surface area contributed by atoms with Crippen LogP contribution in [0, 0.1) is 0 Å². The first kappa shape index (κ1) is 17.1. The van der Waals surface area contributed by atoms with Gasteiger partial charge in [-0.1, -0.05) is 23.2 Å². The maximum absolute atomic E-state index is 12.1. The molecule has 0 radical (unpaired) electrons. The summed E-state index contributed by atoms with van der Waals surface area (Å²) in [5.74, 6) is -1.49. The van der Waals surface area contributed by atoms with Crippen molar-refractivity contribution in [2.45, 2.75) is 0 Å². The van der Waals surface area contributed by atoms with E-state index in [9.17, 15) is 14.7 Å². The van der Waals surface area contributed by atoms with Crippen LogP contribution in [0.4, 0.5) is 0 Å². The van der Waals surface area contributed by atoms with Gasteiger partial charge in [0, 0.05) is 37.0 Å². The third kappa shape index (κ3) is 3.94. The van der Waals surface area contributed by atoms with Crippen molar-refractivity contribution in [2.75, 3.05) is 14.1 Å². The smallest absolute Gasteiger partial charge is 0.337 e. The number of aromatic nitrogens is 1. The summed E-state index contributed by atoms with van der Waals surface area (Å²) in [5.41, 5.74) is 0.863. The van der Waals surface area contributed by atoms with Crippen molar-refractivity contribution in [1.82, 2.24) is 9.88 Å². The topological polar surface area (TPSA) is 73.4 Å². The molecule has 1 aromatic carbocycles. The van der Waals surface area contributed by atoms with Crippen LogP contribution in [-0.4, -0.2) is 40.8 Å². The Morgan fingerprint density at radius 3 is 2.48 bits per heavy atom. The lowest BCUT2D eigenvalue weighted by Gasteiger charge is -2.04. The van der Waals surface area contributed by atoms with Crippen LogP contribution in [0.15, 0.2) is 36.5 Å². The molecule has 120 valence electrons. The quantitative estimate of drug-likeness (QED) is 0.631. The van der Waals surface area contributed by atoms with E-state index < -0.39 is 5.97 Å². The number of carbonyl (C=O) groups excluding carboxylic acids is 1. The van der Waals surface area contributed by atoms with Crippen LogP contribution in [0.2, 0.25) is 10.0 Å². The number of carboxylic acid groups (broad SMARTS) is 1. The SMILES string of the molecule is CN(C)C=CC(=O)c1cc(C(=O)O)c(-c2ccc(Cl)cc2Cl)[nH]1. The van der Waals surface area contributed by atoms with Crippen molar-refractivity contribution in [1.29, 1.82) is 0 Å². The fourth-order valence-corrected chi connectivity index (χ4v) is 2.47. The van der Waals surface area contributed by atoms with Gasteiger partial charge in [-0.2, -0.15) is 0 Å². The molecule has 0 saturated carbocycles. The monoisotopic (exact) mass is 352 g/mol. The third-order valence-corrected chi connectivity index (χ3v) is 3.59. The van der Waals surface area contributed by atoms with Crippen molar-refractivity contribution in [2.24, 2.45) is 0 Å². The van der Waals surface area contributed by atoms with Crippen molar-refractivity contribution in [3.8, 4) is 11.3 Å². The van der Waals surface area contributed by atoms with Crippen LogP contribution in [0.5, 0.6) is 0 Å². The zero-order chi connectivity index (χ0) is 17.1. The van der Waals surface area contributed by atoms with Gasteiger partial charge in [-0.25, -0.2) is 4.79 Å². The molecule has 0 unspecified atom stereocenters. The molecule has 0 amide bonds. The number of hydrogen-bond donors (Lipinski definition) is 2. The maximum atomic E-state index is 12.1. The van der Waals surface area contributed by atoms with Crippen LogP contribution >= 0.6 is 23.2 Å². The number of benzene rings is 1. The van der Waals surface area contributed by atoms with E-state index in [4.69, 9.17) is 23.2 Å². The van der Waals surface area contributed by atoms with Crippen LogP contribution in [0.25, 0.3) is 11.3 Å². The number of rotatable bonds is 5. The normalized spacial score (nSPS) is 11.0. The summed E-state index contributed by atoms with van der Waals surface area (Å²) in [5, 5.41) is 10.1. The molecule has 0 bridgehead atoms. The molecule has 2 aromatic rings. The second-order valence-corrected chi connectivity index (χ2v) is 5.89. The zero-order valence-corrected chi connectivity index (χ0v) is 13.9. The van der Waals surface area contributed by atoms with Crippen LogP contribution in [0.3, 0.4) is 0 Å². The predicted molar refractivity (Wildman–Crippen MR) is 90.4 cm³/mol. The molecule has 2 N–H and O–H groups in total. The third-order valence-electron chi connectivity index (χ3n) is 3.04. The number of halogens is 2. The van der Waals surface area contributed by atoms with Crippen LogP contribution in [-0.2, 0) is 0 Å². The number of H-pyrrole nitrogens is 1. The standard InChI is InChI=1S/C16H14Cl2N2O3/c1-20(2)6-5-14(21)13-8-11(16(22)23)15(19-13)10-4-3-9(17)7-12(10)18/h3-8,19H,1-2H3,(H,22,23). The van der Waals surface area contributed by atoms with Crippen molar-refractivity contribution >= 4 is 35.0 Å². The average Bonchev–Trinajstić information content (AvgIpc) is 2.90. The molecule has 23 heavy (non-hydrogen) atoms. The molecule has 1 heterocycles. The predicted octanol–water partition coefficient (Wildman–Crippen LogP) is 3.94. The number of ketones is 1. The molecule has 0 spiro atoms. The Balaban J connectivity index is 2.51. The highest BCUT2D eigenvalue weighted by molar-refractivity contribution is 6.36. The summed E-state index contributed by atoms with van der Waals surface area (Å²) in [6.07, 6.45) is 2.93. The Morgan fingerprint density at radius 2 is 1.91 bits per heavy atom. The van der Waals surface area contributed by atoms with Gasteiger partial charge in [0.1, 0.15) is 0 Å². The summed E-state index contributed by atoms with van der Waals surface area (Å²) in [6, 6.07) is 6.01. The van der Waals surface area contributed by atoms with Crippen molar-refractivity contribution < 1.29 is 14.7 Å². The minimum Gasteiger partial charge on any atom is -0.478 e. The van der Waals surface area contributed by atoms with Gasteiger partial charge in [-0.05, 0) is 24.3 Å². The number of carbonyl (C=O) groups is 2. The molecule has 0 saturated heterocycles. The fraction of sp³-hybridized carbons (Fsp3) is 0.125. The summed E-state index contributed by atoms with van der Waals surface area (Å²) in [6.45, 7) is 0. The van der Waals surface area contributed by atoms with Gasteiger partial charge in [-0.15, -0.1) is 0 Å². The van der Waals surface area contributed by atoms with Crippen molar-refractivity contribution in [3.05, 3.63) is 57.8 Å². The second kappa shape index (κ2) is 6.89. The highest BCUT2D eigenvalue weighted by atomic mass is 35.5. The summed E-state index contributed by atoms with van der Waals surface area (Å²) in [7, 11) is 3.56. The molecule has 7 heteroatoms. The van der Waals surface area contributed by atoms with Crippen molar-refractivity contribution in [3.63, 3.8) is 0 Å². The largest absolute Gasteiger partial charge is 0.478 e. The molecule has 0 atom stereocenters. The average molecular weight is 353 g/mol. The first-order valence-electron chi connectivity index (χ1n) is 6.60. The highest BCUT2D eigenvalue weighted by Gasteiger charge is 2.20. The van der Waals surface area contributed by atoms with Gasteiger partial charge < -0.3 is 15.0 Å². The lowest BCUT2D eigenvalue weighted by Crippen LogP contribution is -2.03. The van der Waals surface area contributed by atoms with E-state index in [1.807, 2.05) is 0 Å². The van der Waals surface area contributed by atoms with Crippen LogP contribution in [0.1, 0.15) is 20.8 Å². The number of hydrogen-bond acceptors (Lipinski definition) is 3. The van der Waals surface area contributed by atoms with Gasteiger partial charge in [0.15, 0.2) is 0 Å². The Kier molecular flexibility index (Phi) is 5.13. The summed E-state index contributed by atoms with van der Waals surface area (Å²) >= 11 is 12.0. The molecular formula is C16H14Cl2N2O3. The molecule has 0 aliphatic rings. The lowest BCUT2D eigenvalue weighted by atomic mass is 10.1. The Labute approximate surface area is 143 Å². The van der Waals surface area contributed by atoms with Gasteiger partial charge in [0.2, 0.25) is 5.78 Å². The van der Waals surface area contributed by atoms with Gasteiger partial charge in [-0.3, -0.25) is 4.79 Å². The molecule has 0 aliphatic heterocycles. The van der Waals surface area contributed by atoms with Crippen LogP contribution < -0.4 is 0 Å². The highest BCUT2D eigenvalue weighted by Crippen LogP contribution is 2.32. The lowest BCUT2D eigenvalue weighted by molar-refractivity contribution is 0.0698. The molecule has 2 rings (SSSR count). The maximum Gasteiger partial charge on any atom is 0.337 e. The number of aromatic carboxylic acids is 1.